The SMILES string of the molecule is O=S(=O)(OC[C@H]1CO1)c1ccc(F)cc1F. The van der Waals surface area contributed by atoms with E-state index in [0.717, 1.165) is 12.1 Å². The minimum Gasteiger partial charge on any atom is -0.371 e. The zero-order valence-electron chi connectivity index (χ0n) is 8.02. The molecule has 88 valence electrons. The lowest BCUT2D eigenvalue weighted by atomic mass is 10.3. The highest BCUT2D eigenvalue weighted by Gasteiger charge is 2.28. The highest BCUT2D eigenvalue weighted by molar-refractivity contribution is 7.86. The van der Waals surface area contributed by atoms with E-state index in [1.54, 1.807) is 0 Å². The van der Waals surface area contributed by atoms with Gasteiger partial charge in [0.1, 0.15) is 22.6 Å². The van der Waals surface area contributed by atoms with Crippen molar-refractivity contribution in [3.05, 3.63) is 29.8 Å². The van der Waals surface area contributed by atoms with Crippen LogP contribution in [0.3, 0.4) is 0 Å². The molecule has 0 unspecified atom stereocenters. The van der Waals surface area contributed by atoms with Gasteiger partial charge in [-0.1, -0.05) is 0 Å². The molecule has 1 fully saturated rings. The Morgan fingerprint density at radius 1 is 1.44 bits per heavy atom. The smallest absolute Gasteiger partial charge is 0.300 e. The fourth-order valence-electron chi connectivity index (χ4n) is 1.07. The predicted octanol–water partition coefficient (Wildman–Crippen LogP) is 1.07. The van der Waals surface area contributed by atoms with E-state index in [4.69, 9.17) is 4.74 Å². The minimum absolute atomic E-state index is 0.154. The van der Waals surface area contributed by atoms with Crippen LogP contribution in [0, 0.1) is 11.6 Å². The second-order valence-electron chi connectivity index (χ2n) is 3.27. The van der Waals surface area contributed by atoms with Crippen LogP contribution in [0.15, 0.2) is 23.1 Å². The van der Waals surface area contributed by atoms with Crippen LogP contribution in [0.5, 0.6) is 0 Å². The number of epoxide rings is 1. The lowest BCUT2D eigenvalue weighted by Crippen LogP contribution is -2.12. The number of benzene rings is 1. The molecular formula is C9H8F2O4S. The van der Waals surface area contributed by atoms with E-state index >= 15 is 0 Å². The van der Waals surface area contributed by atoms with E-state index in [-0.39, 0.29) is 12.7 Å². The first-order chi connectivity index (χ1) is 7.49. The van der Waals surface area contributed by atoms with Gasteiger partial charge in [0, 0.05) is 6.07 Å². The normalized spacial score (nSPS) is 19.8. The third-order valence-corrected chi connectivity index (χ3v) is 3.29. The van der Waals surface area contributed by atoms with E-state index in [1.165, 1.54) is 0 Å². The van der Waals surface area contributed by atoms with E-state index in [0.29, 0.717) is 12.7 Å². The van der Waals surface area contributed by atoms with Crippen LogP contribution in [-0.2, 0) is 19.0 Å². The second-order valence-corrected chi connectivity index (χ2v) is 4.85. The Balaban J connectivity index is 2.20. The first-order valence-electron chi connectivity index (χ1n) is 4.45. The van der Waals surface area contributed by atoms with Gasteiger partial charge in [-0.15, -0.1) is 0 Å². The van der Waals surface area contributed by atoms with E-state index in [9.17, 15) is 17.2 Å². The van der Waals surface area contributed by atoms with Gasteiger partial charge in [0.15, 0.2) is 0 Å². The molecule has 0 aromatic heterocycles. The summed E-state index contributed by atoms with van der Waals surface area (Å²) in [4.78, 5) is -0.672. The van der Waals surface area contributed by atoms with Crippen molar-refractivity contribution in [1.29, 1.82) is 0 Å². The number of halogens is 2. The van der Waals surface area contributed by atoms with Crippen molar-refractivity contribution >= 4 is 10.1 Å². The number of hydrogen-bond acceptors (Lipinski definition) is 4. The van der Waals surface area contributed by atoms with Gasteiger partial charge in [-0.2, -0.15) is 8.42 Å². The molecule has 1 aliphatic rings. The van der Waals surface area contributed by atoms with Gasteiger partial charge in [0.2, 0.25) is 0 Å². The molecule has 0 saturated carbocycles. The average Bonchev–Trinajstić information content (AvgIpc) is 2.97. The molecule has 0 radical (unpaired) electrons. The zero-order valence-corrected chi connectivity index (χ0v) is 8.84. The lowest BCUT2D eigenvalue weighted by molar-refractivity contribution is 0.265. The van der Waals surface area contributed by atoms with Gasteiger partial charge in [0.25, 0.3) is 10.1 Å². The Morgan fingerprint density at radius 2 is 2.12 bits per heavy atom. The van der Waals surface area contributed by atoms with Crippen LogP contribution in [0.25, 0.3) is 0 Å². The third kappa shape index (κ3) is 2.55. The first kappa shape index (κ1) is 11.4. The molecule has 0 aliphatic carbocycles. The van der Waals surface area contributed by atoms with Gasteiger partial charge < -0.3 is 4.74 Å². The molecule has 1 aliphatic heterocycles. The summed E-state index contributed by atoms with van der Waals surface area (Å²) in [6.07, 6.45) is -0.252. The van der Waals surface area contributed by atoms with Crippen LogP contribution in [-0.4, -0.2) is 27.7 Å². The first-order valence-corrected chi connectivity index (χ1v) is 5.86. The molecule has 1 atom stereocenters. The summed E-state index contributed by atoms with van der Waals surface area (Å²) in [5, 5.41) is 0. The van der Waals surface area contributed by atoms with Gasteiger partial charge in [-0.25, -0.2) is 8.78 Å². The second kappa shape index (κ2) is 4.08. The van der Waals surface area contributed by atoms with Crippen LogP contribution in [0.2, 0.25) is 0 Å². The number of ether oxygens (including phenoxy) is 1. The van der Waals surface area contributed by atoms with Crippen molar-refractivity contribution in [3.8, 4) is 0 Å². The van der Waals surface area contributed by atoms with Crippen LogP contribution < -0.4 is 0 Å². The van der Waals surface area contributed by atoms with E-state index in [2.05, 4.69) is 4.18 Å². The Hall–Kier alpha value is -1.05. The summed E-state index contributed by atoms with van der Waals surface area (Å²) in [7, 11) is -4.18. The Kier molecular flexibility index (Phi) is 2.92. The Bertz CT molecular complexity index is 496. The van der Waals surface area contributed by atoms with E-state index in [1.807, 2.05) is 0 Å². The molecule has 16 heavy (non-hydrogen) atoms. The van der Waals surface area contributed by atoms with Crippen molar-refractivity contribution in [2.75, 3.05) is 13.2 Å². The minimum atomic E-state index is -4.18. The summed E-state index contributed by atoms with van der Waals surface area (Å²) >= 11 is 0. The molecule has 1 aromatic rings. The number of hydrogen-bond donors (Lipinski definition) is 0. The third-order valence-electron chi connectivity index (χ3n) is 1.97. The Morgan fingerprint density at radius 3 is 2.69 bits per heavy atom. The van der Waals surface area contributed by atoms with Gasteiger partial charge in [-0.3, -0.25) is 4.18 Å². The average molecular weight is 250 g/mol. The zero-order chi connectivity index (χ0) is 11.8. The molecule has 1 aromatic carbocycles. The standard InChI is InChI=1S/C9H8F2O4S/c10-6-1-2-9(8(11)3-6)16(12,13)15-5-7-4-14-7/h1-3,7H,4-5H2/t7-/m1/s1. The fraction of sp³-hybridized carbons (Fsp3) is 0.333. The van der Waals surface area contributed by atoms with E-state index < -0.39 is 26.6 Å². The lowest BCUT2D eigenvalue weighted by Gasteiger charge is -2.04. The molecule has 4 nitrogen and oxygen atoms in total. The molecule has 7 heteroatoms. The van der Waals surface area contributed by atoms with Gasteiger partial charge in [0.05, 0.1) is 13.2 Å². The molecule has 0 spiro atoms. The quantitative estimate of drug-likeness (QED) is 0.592. The summed E-state index contributed by atoms with van der Waals surface area (Å²) in [5.41, 5.74) is 0. The molecule has 2 rings (SSSR count). The maximum absolute atomic E-state index is 13.2. The Labute approximate surface area is 90.9 Å². The van der Waals surface area contributed by atoms with Crippen molar-refractivity contribution in [2.24, 2.45) is 0 Å². The van der Waals surface area contributed by atoms with Crippen LogP contribution in [0.4, 0.5) is 8.78 Å². The summed E-state index contributed by atoms with van der Waals surface area (Å²) < 4.78 is 57.9. The van der Waals surface area contributed by atoms with Crippen molar-refractivity contribution in [3.63, 3.8) is 0 Å². The van der Waals surface area contributed by atoms with Gasteiger partial charge >= 0.3 is 0 Å². The van der Waals surface area contributed by atoms with Crippen LogP contribution >= 0.6 is 0 Å². The molecular weight excluding hydrogens is 242 g/mol. The summed E-state index contributed by atoms with van der Waals surface area (Å²) in [6, 6.07) is 2.17. The maximum Gasteiger partial charge on any atom is 0.300 e. The molecule has 1 saturated heterocycles. The molecule has 1 heterocycles. The van der Waals surface area contributed by atoms with Gasteiger partial charge in [-0.05, 0) is 12.1 Å². The monoisotopic (exact) mass is 250 g/mol. The predicted molar refractivity (Wildman–Crippen MR) is 49.2 cm³/mol. The summed E-state index contributed by atoms with van der Waals surface area (Å²) in [5.74, 6) is -2.02. The molecule has 0 N–H and O–H groups in total. The summed E-state index contributed by atoms with van der Waals surface area (Å²) in [6.45, 7) is 0.278. The fourth-order valence-corrected chi connectivity index (χ4v) is 2.06. The van der Waals surface area contributed by atoms with Crippen molar-refractivity contribution in [2.45, 2.75) is 11.0 Å². The van der Waals surface area contributed by atoms with Crippen molar-refractivity contribution < 1.29 is 26.1 Å². The van der Waals surface area contributed by atoms with Crippen LogP contribution in [0.1, 0.15) is 0 Å². The highest BCUT2D eigenvalue weighted by Crippen LogP contribution is 2.19. The maximum atomic E-state index is 13.2. The largest absolute Gasteiger partial charge is 0.371 e. The van der Waals surface area contributed by atoms with Crippen molar-refractivity contribution in [1.82, 2.24) is 0 Å². The topological polar surface area (TPSA) is 55.9 Å². The number of rotatable bonds is 4. The molecule has 0 amide bonds. The highest BCUT2D eigenvalue weighted by atomic mass is 32.2. The molecule has 0 bridgehead atoms.